The molecule has 1 aliphatic heterocycles. The largest absolute Gasteiger partial charge is 0.331 e. The van der Waals surface area contributed by atoms with Crippen molar-refractivity contribution in [2.45, 2.75) is 31.1 Å². The molecule has 2 rings (SSSR count). The Labute approximate surface area is 110 Å². The van der Waals surface area contributed by atoms with Crippen LogP contribution in [0.15, 0.2) is 12.5 Å². The summed E-state index contributed by atoms with van der Waals surface area (Å²) >= 11 is 3.64. The van der Waals surface area contributed by atoms with Crippen molar-refractivity contribution in [2.75, 3.05) is 11.5 Å². The first-order valence-electron chi connectivity index (χ1n) is 5.77. The van der Waals surface area contributed by atoms with Crippen LogP contribution >= 0.6 is 15.9 Å². The summed E-state index contributed by atoms with van der Waals surface area (Å²) in [6.45, 7) is 4.19. The molecule has 4 nitrogen and oxygen atoms in total. The molecule has 1 aromatic heterocycles. The van der Waals surface area contributed by atoms with Crippen LogP contribution in [0.5, 0.6) is 0 Å². The van der Waals surface area contributed by atoms with E-state index in [0.717, 1.165) is 12.1 Å². The van der Waals surface area contributed by atoms with Gasteiger partial charge in [-0.2, -0.15) is 0 Å². The third-order valence-electron chi connectivity index (χ3n) is 3.22. The van der Waals surface area contributed by atoms with Crippen LogP contribution in [0.4, 0.5) is 0 Å². The molecule has 0 radical (unpaired) electrons. The SMILES string of the molecule is CC(C)n1cncc1C(Br)C1CCS(=O)(=O)C1. The number of aromatic nitrogens is 2. The van der Waals surface area contributed by atoms with Gasteiger partial charge in [0.05, 0.1) is 28.4 Å². The molecule has 0 aromatic carbocycles. The van der Waals surface area contributed by atoms with E-state index >= 15 is 0 Å². The van der Waals surface area contributed by atoms with Gasteiger partial charge in [0.25, 0.3) is 0 Å². The molecule has 0 amide bonds. The molecule has 1 fully saturated rings. The molecule has 0 N–H and O–H groups in total. The topological polar surface area (TPSA) is 52.0 Å². The quantitative estimate of drug-likeness (QED) is 0.803. The maximum absolute atomic E-state index is 11.5. The third-order valence-corrected chi connectivity index (χ3v) is 6.23. The Kier molecular flexibility index (Phi) is 3.63. The van der Waals surface area contributed by atoms with Crippen LogP contribution in [0.25, 0.3) is 0 Å². The van der Waals surface area contributed by atoms with Gasteiger partial charge in [-0.3, -0.25) is 0 Å². The van der Waals surface area contributed by atoms with Gasteiger partial charge in [0.2, 0.25) is 0 Å². The number of alkyl halides is 1. The van der Waals surface area contributed by atoms with Crippen LogP contribution < -0.4 is 0 Å². The van der Waals surface area contributed by atoms with Gasteiger partial charge in [-0.1, -0.05) is 15.9 Å². The minimum atomic E-state index is -2.82. The highest BCUT2D eigenvalue weighted by Gasteiger charge is 2.34. The molecule has 17 heavy (non-hydrogen) atoms. The smallest absolute Gasteiger partial charge is 0.150 e. The zero-order chi connectivity index (χ0) is 12.6. The number of sulfone groups is 1. The molecule has 0 saturated carbocycles. The number of nitrogens with zero attached hydrogens (tertiary/aromatic N) is 2. The van der Waals surface area contributed by atoms with Gasteiger partial charge in [0, 0.05) is 12.2 Å². The average Bonchev–Trinajstić information content (AvgIpc) is 2.82. The second-order valence-electron chi connectivity index (χ2n) is 4.88. The lowest BCUT2D eigenvalue weighted by Crippen LogP contribution is -2.14. The second kappa shape index (κ2) is 4.72. The summed E-state index contributed by atoms with van der Waals surface area (Å²) in [5.41, 5.74) is 1.07. The minimum absolute atomic E-state index is 0.0738. The van der Waals surface area contributed by atoms with Crippen molar-refractivity contribution in [1.29, 1.82) is 0 Å². The summed E-state index contributed by atoms with van der Waals surface area (Å²) in [5.74, 6) is 0.760. The number of imidazole rings is 1. The molecule has 2 heterocycles. The lowest BCUT2D eigenvalue weighted by molar-refractivity contribution is 0.518. The first kappa shape index (κ1) is 13.1. The lowest BCUT2D eigenvalue weighted by atomic mass is 10.0. The Morgan fingerprint density at radius 3 is 2.76 bits per heavy atom. The fraction of sp³-hybridized carbons (Fsp3) is 0.727. The van der Waals surface area contributed by atoms with Gasteiger partial charge in [0.1, 0.15) is 0 Å². The fourth-order valence-corrected chi connectivity index (χ4v) is 5.15. The number of halogens is 1. The van der Waals surface area contributed by atoms with Gasteiger partial charge in [-0.05, 0) is 26.2 Å². The van der Waals surface area contributed by atoms with Crippen LogP contribution in [-0.4, -0.2) is 29.5 Å². The number of hydrogen-bond acceptors (Lipinski definition) is 3. The van der Waals surface area contributed by atoms with E-state index < -0.39 is 9.84 Å². The van der Waals surface area contributed by atoms with E-state index in [0.29, 0.717) is 11.8 Å². The molecule has 1 aliphatic rings. The van der Waals surface area contributed by atoms with Gasteiger partial charge in [-0.15, -0.1) is 0 Å². The molecule has 1 saturated heterocycles. The predicted molar refractivity (Wildman–Crippen MR) is 71.0 cm³/mol. The van der Waals surface area contributed by atoms with Crippen LogP contribution in [0, 0.1) is 5.92 Å². The summed E-state index contributed by atoms with van der Waals surface area (Å²) in [4.78, 5) is 4.23. The molecule has 0 aliphatic carbocycles. The van der Waals surface area contributed by atoms with Gasteiger partial charge >= 0.3 is 0 Å². The van der Waals surface area contributed by atoms with E-state index in [1.54, 1.807) is 6.33 Å². The molecule has 6 heteroatoms. The van der Waals surface area contributed by atoms with Crippen molar-refractivity contribution >= 4 is 25.8 Å². The second-order valence-corrected chi connectivity index (χ2v) is 8.10. The minimum Gasteiger partial charge on any atom is -0.331 e. The maximum Gasteiger partial charge on any atom is 0.150 e. The van der Waals surface area contributed by atoms with Crippen molar-refractivity contribution in [3.8, 4) is 0 Å². The Bertz CT molecular complexity index is 495. The molecule has 1 aromatic rings. The van der Waals surface area contributed by atoms with Crippen molar-refractivity contribution < 1.29 is 8.42 Å². The van der Waals surface area contributed by atoms with Crippen molar-refractivity contribution in [1.82, 2.24) is 9.55 Å². The molecule has 2 atom stereocenters. The van der Waals surface area contributed by atoms with Crippen LogP contribution in [0.2, 0.25) is 0 Å². The summed E-state index contributed by atoms with van der Waals surface area (Å²) in [5, 5.41) is 0. The normalized spacial score (nSPS) is 25.3. The monoisotopic (exact) mass is 320 g/mol. The van der Waals surface area contributed by atoms with E-state index in [1.165, 1.54) is 0 Å². The highest BCUT2D eigenvalue weighted by atomic mass is 79.9. The van der Waals surface area contributed by atoms with Crippen LogP contribution in [0.1, 0.15) is 36.8 Å². The molecule has 96 valence electrons. The molecule has 2 unspecified atom stereocenters. The number of rotatable bonds is 3. The zero-order valence-electron chi connectivity index (χ0n) is 10.0. The Balaban J connectivity index is 2.20. The zero-order valence-corrected chi connectivity index (χ0v) is 12.4. The van der Waals surface area contributed by atoms with Crippen LogP contribution in [0.3, 0.4) is 0 Å². The Morgan fingerprint density at radius 2 is 2.24 bits per heavy atom. The highest BCUT2D eigenvalue weighted by molar-refractivity contribution is 9.09. The van der Waals surface area contributed by atoms with Gasteiger partial charge in [0.15, 0.2) is 9.84 Å². The average molecular weight is 321 g/mol. The molecular formula is C11H17BrN2O2S. The van der Waals surface area contributed by atoms with E-state index in [-0.39, 0.29) is 16.5 Å². The predicted octanol–water partition coefficient (Wildman–Crippen LogP) is 2.33. The lowest BCUT2D eigenvalue weighted by Gasteiger charge is -2.20. The van der Waals surface area contributed by atoms with E-state index in [4.69, 9.17) is 0 Å². The first-order valence-corrected chi connectivity index (χ1v) is 8.50. The van der Waals surface area contributed by atoms with Gasteiger partial charge < -0.3 is 4.57 Å². The highest BCUT2D eigenvalue weighted by Crippen LogP contribution is 2.38. The Morgan fingerprint density at radius 1 is 1.53 bits per heavy atom. The first-order chi connectivity index (χ1) is 7.91. The molecular weight excluding hydrogens is 304 g/mol. The third kappa shape index (κ3) is 2.73. The van der Waals surface area contributed by atoms with Crippen molar-refractivity contribution in [3.63, 3.8) is 0 Å². The van der Waals surface area contributed by atoms with Crippen molar-refractivity contribution in [3.05, 3.63) is 18.2 Å². The van der Waals surface area contributed by atoms with Gasteiger partial charge in [-0.25, -0.2) is 13.4 Å². The molecule has 0 bridgehead atoms. The molecule has 0 spiro atoms. The summed E-state index contributed by atoms with van der Waals surface area (Å²) in [6, 6.07) is 0.338. The number of hydrogen-bond donors (Lipinski definition) is 0. The Hall–Kier alpha value is -0.360. The summed E-state index contributed by atoms with van der Waals surface area (Å²) < 4.78 is 25.1. The fourth-order valence-electron chi connectivity index (χ4n) is 2.26. The van der Waals surface area contributed by atoms with E-state index in [2.05, 4.69) is 39.3 Å². The summed E-state index contributed by atoms with van der Waals surface area (Å²) in [6.07, 6.45) is 4.36. The van der Waals surface area contributed by atoms with Crippen molar-refractivity contribution in [2.24, 2.45) is 5.92 Å². The maximum atomic E-state index is 11.5. The van der Waals surface area contributed by atoms with Crippen LogP contribution in [-0.2, 0) is 9.84 Å². The van der Waals surface area contributed by atoms with E-state index in [1.807, 2.05) is 6.20 Å². The van der Waals surface area contributed by atoms with E-state index in [9.17, 15) is 8.42 Å². The standard InChI is InChI=1S/C11H17BrN2O2S/c1-8(2)14-7-13-5-10(14)11(12)9-3-4-17(15,16)6-9/h5,7-9,11H,3-4,6H2,1-2H3. The summed E-state index contributed by atoms with van der Waals surface area (Å²) in [7, 11) is -2.82.